The van der Waals surface area contributed by atoms with E-state index in [1.165, 1.54) is 6.07 Å². The second-order valence-electron chi connectivity index (χ2n) is 9.60. The summed E-state index contributed by atoms with van der Waals surface area (Å²) in [5.74, 6) is -2.39. The van der Waals surface area contributed by atoms with Crippen molar-refractivity contribution in [3.63, 3.8) is 0 Å². The molecule has 0 aliphatic carbocycles. The lowest BCUT2D eigenvalue weighted by Crippen LogP contribution is -2.45. The fourth-order valence-corrected chi connectivity index (χ4v) is 4.76. The topological polar surface area (TPSA) is 125 Å². The third kappa shape index (κ3) is 5.93. The number of nitrogens with zero attached hydrogens (tertiary/aromatic N) is 1. The summed E-state index contributed by atoms with van der Waals surface area (Å²) in [5.41, 5.74) is 3.04. The number of rotatable bonds is 9. The Bertz CT molecular complexity index is 1460. The third-order valence-electron chi connectivity index (χ3n) is 6.85. The van der Waals surface area contributed by atoms with Gasteiger partial charge in [0.05, 0.1) is 30.4 Å². The minimum Gasteiger partial charge on any atom is -0.481 e. The monoisotopic (exact) mass is 538 g/mol. The zero-order valence-electron chi connectivity index (χ0n) is 20.9. The highest BCUT2D eigenvalue weighted by Crippen LogP contribution is 2.34. The summed E-state index contributed by atoms with van der Waals surface area (Å²) in [6.07, 6.45) is -0.601. The lowest BCUT2D eigenvalue weighted by molar-refractivity contribution is -0.137. The number of halogens is 2. The van der Waals surface area contributed by atoms with Gasteiger partial charge in [0.1, 0.15) is 23.5 Å². The van der Waals surface area contributed by atoms with E-state index in [0.717, 1.165) is 16.7 Å². The summed E-state index contributed by atoms with van der Waals surface area (Å²) in [4.78, 5) is 17.6. The molecule has 0 amide bonds. The second kappa shape index (κ2) is 11.5. The lowest BCUT2D eigenvalue weighted by atomic mass is 9.98. The summed E-state index contributed by atoms with van der Waals surface area (Å²) in [7, 11) is 0. The van der Waals surface area contributed by atoms with Crippen molar-refractivity contribution in [2.45, 2.75) is 44.0 Å². The van der Waals surface area contributed by atoms with E-state index >= 15 is 8.78 Å². The molecule has 0 saturated carbocycles. The summed E-state index contributed by atoms with van der Waals surface area (Å²) >= 11 is 0. The van der Waals surface area contributed by atoms with Crippen LogP contribution in [-0.4, -0.2) is 62.8 Å². The van der Waals surface area contributed by atoms with Crippen LogP contribution in [0.5, 0.6) is 6.01 Å². The number of aromatic amines is 1. The average Bonchev–Trinajstić information content (AvgIpc) is 3.32. The maximum absolute atomic E-state index is 15.5. The van der Waals surface area contributed by atoms with E-state index in [1.807, 2.05) is 24.3 Å². The number of hydrogen-bond acceptors (Lipinski definition) is 6. The quantitative estimate of drug-likeness (QED) is 0.248. The summed E-state index contributed by atoms with van der Waals surface area (Å²) < 4.78 is 41.6. The molecular weight excluding hydrogens is 510 g/mol. The second-order valence-corrected chi connectivity index (χ2v) is 9.60. The standard InChI is InChI=1S/C29H28F2N2O6/c30-21-13-22-28(33-29(32-22)39-20-12-23(35)24(14-34)38-15-20)27(31)26(21)19-10-8-18(9-11-19)17-6-4-16(5-7-17)2-1-3-25(36)37/h4-11,13,20,23-24,34-35H,1-3,12,14-15H2,(H,32,33)(H,36,37)/t20-,23+,24-/m1/s1. The van der Waals surface area contributed by atoms with E-state index in [-0.39, 0.29) is 48.7 Å². The van der Waals surface area contributed by atoms with Crippen LogP contribution in [-0.2, 0) is 16.0 Å². The number of benzene rings is 3. The molecule has 0 unspecified atom stereocenters. The van der Waals surface area contributed by atoms with Crippen LogP contribution in [0.3, 0.4) is 0 Å². The van der Waals surface area contributed by atoms with Crippen molar-refractivity contribution in [3.05, 3.63) is 71.8 Å². The van der Waals surface area contributed by atoms with Crippen LogP contribution in [0.2, 0.25) is 0 Å². The van der Waals surface area contributed by atoms with Crippen LogP contribution in [0.4, 0.5) is 8.78 Å². The fraction of sp³-hybridized carbons (Fsp3) is 0.310. The highest BCUT2D eigenvalue weighted by atomic mass is 19.1. The summed E-state index contributed by atoms with van der Waals surface area (Å²) in [6, 6.07) is 15.8. The first-order chi connectivity index (χ1) is 18.8. The number of aliphatic hydroxyl groups excluding tert-OH is 2. The molecule has 5 rings (SSSR count). The number of fused-ring (bicyclic) bond motifs is 1. The van der Waals surface area contributed by atoms with Gasteiger partial charge in [0.25, 0.3) is 6.01 Å². The van der Waals surface area contributed by atoms with Crippen LogP contribution in [0.15, 0.2) is 54.6 Å². The first-order valence-electron chi connectivity index (χ1n) is 12.7. The predicted molar refractivity (Wildman–Crippen MR) is 139 cm³/mol. The van der Waals surface area contributed by atoms with Gasteiger partial charge in [0, 0.05) is 18.9 Å². The van der Waals surface area contributed by atoms with Gasteiger partial charge in [0.2, 0.25) is 0 Å². The summed E-state index contributed by atoms with van der Waals surface area (Å²) in [5, 5.41) is 28.0. The van der Waals surface area contributed by atoms with Crippen molar-refractivity contribution in [1.29, 1.82) is 0 Å². The molecule has 1 fully saturated rings. The van der Waals surface area contributed by atoms with E-state index < -0.39 is 35.9 Å². The number of imidazole rings is 1. The molecule has 4 N–H and O–H groups in total. The third-order valence-corrected chi connectivity index (χ3v) is 6.85. The van der Waals surface area contributed by atoms with Crippen molar-refractivity contribution in [2.24, 2.45) is 0 Å². The normalized spacial score (nSPS) is 19.3. The van der Waals surface area contributed by atoms with Crippen molar-refractivity contribution >= 4 is 17.0 Å². The zero-order valence-corrected chi connectivity index (χ0v) is 20.9. The SMILES string of the molecule is O=C(O)CCCc1ccc(-c2ccc(-c3c(F)cc4[nH]c(O[C@H]5CO[C@H](CO)[C@@H](O)C5)nc4c3F)cc2)cc1. The van der Waals surface area contributed by atoms with Crippen LogP contribution < -0.4 is 4.74 Å². The van der Waals surface area contributed by atoms with Gasteiger partial charge >= 0.3 is 5.97 Å². The molecule has 2 heterocycles. The van der Waals surface area contributed by atoms with Crippen molar-refractivity contribution < 1.29 is 38.4 Å². The van der Waals surface area contributed by atoms with E-state index in [0.29, 0.717) is 18.4 Å². The van der Waals surface area contributed by atoms with Gasteiger partial charge in [-0.1, -0.05) is 48.5 Å². The maximum atomic E-state index is 15.5. The van der Waals surface area contributed by atoms with Crippen molar-refractivity contribution in [2.75, 3.05) is 13.2 Å². The van der Waals surface area contributed by atoms with Crippen molar-refractivity contribution in [3.8, 4) is 28.3 Å². The Morgan fingerprint density at radius 3 is 2.38 bits per heavy atom. The molecule has 39 heavy (non-hydrogen) atoms. The van der Waals surface area contributed by atoms with Crippen LogP contribution in [0.25, 0.3) is 33.3 Å². The molecule has 0 bridgehead atoms. The average molecular weight is 539 g/mol. The number of aliphatic carboxylic acids is 1. The molecule has 1 aliphatic heterocycles. The van der Waals surface area contributed by atoms with E-state index in [2.05, 4.69) is 9.97 Å². The number of ether oxygens (including phenoxy) is 2. The molecule has 204 valence electrons. The Balaban J connectivity index is 1.32. The zero-order chi connectivity index (χ0) is 27.5. The molecule has 0 spiro atoms. The van der Waals surface area contributed by atoms with E-state index in [9.17, 15) is 15.0 Å². The maximum Gasteiger partial charge on any atom is 0.303 e. The van der Waals surface area contributed by atoms with E-state index in [1.54, 1.807) is 24.3 Å². The predicted octanol–water partition coefficient (Wildman–Crippen LogP) is 4.47. The molecular formula is C29H28F2N2O6. The van der Waals surface area contributed by atoms with Gasteiger partial charge in [-0.25, -0.2) is 8.78 Å². The van der Waals surface area contributed by atoms with Crippen LogP contribution in [0, 0.1) is 11.6 Å². The Kier molecular flexibility index (Phi) is 7.87. The Morgan fingerprint density at radius 2 is 1.74 bits per heavy atom. The molecule has 8 nitrogen and oxygen atoms in total. The highest BCUT2D eigenvalue weighted by molar-refractivity contribution is 5.84. The van der Waals surface area contributed by atoms with Gasteiger partial charge in [-0.15, -0.1) is 0 Å². The highest BCUT2D eigenvalue weighted by Gasteiger charge is 2.31. The lowest BCUT2D eigenvalue weighted by Gasteiger charge is -2.31. The molecule has 3 atom stereocenters. The fourth-order valence-electron chi connectivity index (χ4n) is 4.76. The Hall–Kier alpha value is -3.86. The van der Waals surface area contributed by atoms with Crippen molar-refractivity contribution in [1.82, 2.24) is 9.97 Å². The number of carbonyl (C=O) groups is 1. The van der Waals surface area contributed by atoms with E-state index in [4.69, 9.17) is 14.6 Å². The number of aromatic nitrogens is 2. The first kappa shape index (κ1) is 26.7. The molecule has 1 saturated heterocycles. The number of H-pyrrole nitrogens is 1. The largest absolute Gasteiger partial charge is 0.481 e. The number of carboxylic acids is 1. The number of aliphatic hydroxyl groups is 2. The van der Waals surface area contributed by atoms with Gasteiger partial charge < -0.3 is 29.8 Å². The minimum absolute atomic E-state index is 0.0227. The number of carboxylic acid groups (broad SMARTS) is 1. The molecule has 10 heteroatoms. The number of nitrogens with one attached hydrogen (secondary N) is 1. The van der Waals surface area contributed by atoms with Gasteiger partial charge in [0.15, 0.2) is 5.82 Å². The Morgan fingerprint density at radius 1 is 1.08 bits per heavy atom. The molecule has 0 radical (unpaired) electrons. The molecule has 3 aromatic carbocycles. The molecule has 1 aliphatic rings. The smallest absolute Gasteiger partial charge is 0.303 e. The van der Waals surface area contributed by atoms with Crippen LogP contribution >= 0.6 is 0 Å². The van der Waals surface area contributed by atoms with Crippen LogP contribution in [0.1, 0.15) is 24.8 Å². The van der Waals surface area contributed by atoms with Gasteiger partial charge in [-0.2, -0.15) is 4.98 Å². The minimum atomic E-state index is -0.913. The van der Waals surface area contributed by atoms with Gasteiger partial charge in [-0.3, -0.25) is 4.79 Å². The number of aryl methyl sites for hydroxylation is 1. The number of hydrogen-bond donors (Lipinski definition) is 4. The van der Waals surface area contributed by atoms with Gasteiger partial charge in [-0.05, 0) is 35.1 Å². The summed E-state index contributed by atoms with van der Waals surface area (Å²) in [6.45, 7) is -0.198. The first-order valence-corrected chi connectivity index (χ1v) is 12.7. The molecule has 4 aromatic rings. The molecule has 1 aromatic heterocycles. The Labute approximate surface area is 222 Å².